The smallest absolute Gasteiger partial charge is 0.306 e. The Morgan fingerprint density at radius 2 is 1.36 bits per heavy atom. The van der Waals surface area contributed by atoms with Crippen LogP contribution < -0.4 is 0 Å². The summed E-state index contributed by atoms with van der Waals surface area (Å²) in [6.45, 7) is 12.4. The lowest BCUT2D eigenvalue weighted by Crippen LogP contribution is -2.47. The maximum absolute atomic E-state index is 13.0. The molecule has 0 N–H and O–H groups in total. The maximum atomic E-state index is 13.0. The van der Waals surface area contributed by atoms with Gasteiger partial charge in [0.2, 0.25) is 10.0 Å². The molecule has 0 unspecified atom stereocenters. The summed E-state index contributed by atoms with van der Waals surface area (Å²) in [6.07, 6.45) is 0.670. The zero-order valence-electron chi connectivity index (χ0n) is 20.8. The van der Waals surface area contributed by atoms with Crippen LogP contribution in [0.2, 0.25) is 0 Å². The summed E-state index contributed by atoms with van der Waals surface area (Å²) in [5.74, 6) is -0.927. The Balaban J connectivity index is 2.32. The highest BCUT2D eigenvalue weighted by Crippen LogP contribution is 2.24. The highest BCUT2D eigenvalue weighted by Gasteiger charge is 2.33. The first kappa shape index (κ1) is 29.1. The van der Waals surface area contributed by atoms with Gasteiger partial charge in [0.15, 0.2) is 0 Å². The molecule has 0 heterocycles. The van der Waals surface area contributed by atoms with Crippen molar-refractivity contribution in [2.24, 2.45) is 5.41 Å². The molecular formula is C24H39NO7S. The van der Waals surface area contributed by atoms with Crippen LogP contribution in [0.25, 0.3) is 0 Å². The van der Waals surface area contributed by atoms with Crippen molar-refractivity contribution in [3.63, 3.8) is 0 Å². The number of nitrogens with zero attached hydrogens (tertiary/aromatic N) is 1. The second-order valence-electron chi connectivity index (χ2n) is 9.93. The van der Waals surface area contributed by atoms with Gasteiger partial charge < -0.3 is 14.2 Å². The Morgan fingerprint density at radius 3 is 1.88 bits per heavy atom. The third kappa shape index (κ3) is 11.6. The minimum Gasteiger partial charge on any atom is -0.466 e. The topological polar surface area (TPSA) is 99.2 Å². The summed E-state index contributed by atoms with van der Waals surface area (Å²) in [4.78, 5) is 23.7. The number of ether oxygens (including phenoxy) is 3. The van der Waals surface area contributed by atoms with Gasteiger partial charge in [-0.1, -0.05) is 39.0 Å². The third-order valence-electron chi connectivity index (χ3n) is 4.66. The average Bonchev–Trinajstić information content (AvgIpc) is 2.70. The molecule has 0 aromatic heterocycles. The third-order valence-corrected chi connectivity index (χ3v) is 6.84. The van der Waals surface area contributed by atoms with Gasteiger partial charge in [-0.15, -0.1) is 0 Å². The quantitative estimate of drug-likeness (QED) is 0.309. The van der Waals surface area contributed by atoms with E-state index < -0.39 is 27.5 Å². The van der Waals surface area contributed by atoms with Gasteiger partial charge >= 0.3 is 11.9 Å². The van der Waals surface area contributed by atoms with Crippen molar-refractivity contribution in [2.45, 2.75) is 71.2 Å². The molecule has 0 spiro atoms. The fourth-order valence-electron chi connectivity index (χ4n) is 2.82. The van der Waals surface area contributed by atoms with Gasteiger partial charge in [-0.3, -0.25) is 9.59 Å². The van der Waals surface area contributed by atoms with E-state index in [2.05, 4.69) is 20.8 Å². The molecule has 188 valence electrons. The van der Waals surface area contributed by atoms with E-state index >= 15 is 0 Å². The molecule has 0 radical (unpaired) electrons. The molecule has 0 aliphatic carbocycles. The van der Waals surface area contributed by atoms with E-state index in [0.29, 0.717) is 6.61 Å². The molecular weight excluding hydrogens is 446 g/mol. The van der Waals surface area contributed by atoms with Crippen LogP contribution in [0.5, 0.6) is 0 Å². The van der Waals surface area contributed by atoms with Crippen molar-refractivity contribution in [3.8, 4) is 0 Å². The molecule has 0 atom stereocenters. The zero-order valence-corrected chi connectivity index (χ0v) is 21.6. The minimum atomic E-state index is -3.67. The Bertz CT molecular complexity index is 840. The Labute approximate surface area is 198 Å². The molecule has 0 fully saturated rings. The number of carbonyl (C=O) groups is 2. The summed E-state index contributed by atoms with van der Waals surface area (Å²) in [6, 6.07) is 8.26. The van der Waals surface area contributed by atoms with Crippen molar-refractivity contribution in [2.75, 3.05) is 33.0 Å². The zero-order chi connectivity index (χ0) is 25.1. The molecule has 0 amide bonds. The monoisotopic (exact) mass is 485 g/mol. The fourth-order valence-corrected chi connectivity index (χ4v) is 4.61. The highest BCUT2D eigenvalue weighted by atomic mass is 32.2. The average molecular weight is 486 g/mol. The van der Waals surface area contributed by atoms with Crippen LogP contribution in [0.1, 0.15) is 60.8 Å². The van der Waals surface area contributed by atoms with Gasteiger partial charge in [-0.25, -0.2) is 8.42 Å². The van der Waals surface area contributed by atoms with E-state index in [0.717, 1.165) is 6.42 Å². The molecule has 1 rings (SSSR count). The lowest BCUT2D eigenvalue weighted by atomic mass is 9.93. The Morgan fingerprint density at radius 1 is 0.818 bits per heavy atom. The summed E-state index contributed by atoms with van der Waals surface area (Å²) in [5.41, 5.74) is -0.555. The van der Waals surface area contributed by atoms with E-state index in [4.69, 9.17) is 14.2 Å². The van der Waals surface area contributed by atoms with Gasteiger partial charge in [0, 0.05) is 12.1 Å². The molecule has 0 aliphatic heterocycles. The van der Waals surface area contributed by atoms with Gasteiger partial charge in [-0.2, -0.15) is 4.31 Å². The Kier molecular flexibility index (Phi) is 11.5. The van der Waals surface area contributed by atoms with E-state index in [-0.39, 0.29) is 49.5 Å². The number of carbonyl (C=O) groups excluding carboxylic acids is 2. The predicted molar refractivity (Wildman–Crippen MR) is 126 cm³/mol. The molecule has 1 aromatic carbocycles. The van der Waals surface area contributed by atoms with Crippen molar-refractivity contribution in [1.82, 2.24) is 4.31 Å². The van der Waals surface area contributed by atoms with Gasteiger partial charge in [0.05, 0.1) is 37.6 Å². The van der Waals surface area contributed by atoms with Crippen LogP contribution in [0.15, 0.2) is 35.2 Å². The largest absolute Gasteiger partial charge is 0.466 e. The van der Waals surface area contributed by atoms with Gasteiger partial charge in [0.25, 0.3) is 0 Å². The van der Waals surface area contributed by atoms with Crippen molar-refractivity contribution < 1.29 is 32.2 Å². The standard InChI is InChI=1S/C24H39NO7S/c1-23(2,3)14-16-31-21(26)12-13-22(27)32-19-18-30-17-15-25(24(4,5)6)33(28,29)20-10-8-7-9-11-20/h7-11H,12-19H2,1-6H3. The summed E-state index contributed by atoms with van der Waals surface area (Å²) >= 11 is 0. The van der Waals surface area contributed by atoms with E-state index in [1.807, 2.05) is 20.8 Å². The molecule has 0 bridgehead atoms. The lowest BCUT2D eigenvalue weighted by Gasteiger charge is -2.34. The van der Waals surface area contributed by atoms with Crippen molar-refractivity contribution >= 4 is 22.0 Å². The van der Waals surface area contributed by atoms with Gasteiger partial charge in [0.1, 0.15) is 6.61 Å². The molecule has 1 aromatic rings. The minimum absolute atomic E-state index is 0.0261. The van der Waals surface area contributed by atoms with Crippen LogP contribution in [0, 0.1) is 5.41 Å². The van der Waals surface area contributed by atoms with Crippen LogP contribution >= 0.6 is 0 Å². The molecule has 33 heavy (non-hydrogen) atoms. The van der Waals surface area contributed by atoms with Crippen molar-refractivity contribution in [3.05, 3.63) is 30.3 Å². The van der Waals surface area contributed by atoms with E-state index in [9.17, 15) is 18.0 Å². The number of sulfonamides is 1. The van der Waals surface area contributed by atoms with Crippen LogP contribution in [-0.4, -0.2) is 63.2 Å². The molecule has 0 aliphatic rings. The SMILES string of the molecule is CC(C)(C)CCOC(=O)CCC(=O)OCCOCCN(C(C)(C)C)S(=O)(=O)c1ccccc1. The normalized spacial score (nSPS) is 12.6. The number of benzene rings is 1. The first-order chi connectivity index (χ1) is 15.2. The van der Waals surface area contributed by atoms with Crippen molar-refractivity contribution in [1.29, 1.82) is 0 Å². The number of hydrogen-bond donors (Lipinski definition) is 0. The molecule has 8 nitrogen and oxygen atoms in total. The predicted octanol–water partition coefficient (Wildman–Crippen LogP) is 3.80. The second kappa shape index (κ2) is 13.1. The first-order valence-electron chi connectivity index (χ1n) is 11.2. The molecule has 9 heteroatoms. The summed E-state index contributed by atoms with van der Waals surface area (Å²) < 4.78 is 43.0. The highest BCUT2D eigenvalue weighted by molar-refractivity contribution is 7.89. The Hall–Kier alpha value is -1.97. The molecule has 0 saturated carbocycles. The van der Waals surface area contributed by atoms with E-state index in [1.165, 1.54) is 4.31 Å². The number of hydrogen-bond acceptors (Lipinski definition) is 7. The van der Waals surface area contributed by atoms with Crippen LogP contribution in [0.3, 0.4) is 0 Å². The first-order valence-corrected chi connectivity index (χ1v) is 12.6. The van der Waals surface area contributed by atoms with Crippen LogP contribution in [0.4, 0.5) is 0 Å². The van der Waals surface area contributed by atoms with Gasteiger partial charge in [-0.05, 0) is 44.7 Å². The second-order valence-corrected chi connectivity index (χ2v) is 11.8. The van der Waals surface area contributed by atoms with Crippen LogP contribution in [-0.2, 0) is 33.8 Å². The fraction of sp³-hybridized carbons (Fsp3) is 0.667. The summed E-state index contributed by atoms with van der Waals surface area (Å²) in [5, 5.41) is 0. The molecule has 0 saturated heterocycles. The lowest BCUT2D eigenvalue weighted by molar-refractivity contribution is -0.151. The van der Waals surface area contributed by atoms with E-state index in [1.54, 1.807) is 30.3 Å². The number of esters is 2. The number of rotatable bonds is 13. The summed E-state index contributed by atoms with van der Waals surface area (Å²) in [7, 11) is -3.67. The maximum Gasteiger partial charge on any atom is 0.306 e.